The van der Waals surface area contributed by atoms with Crippen molar-refractivity contribution in [2.45, 2.75) is 25.7 Å². The summed E-state index contributed by atoms with van der Waals surface area (Å²) in [6, 6.07) is 1.63. The van der Waals surface area contributed by atoms with Gasteiger partial charge in [0.05, 0.1) is 11.9 Å². The maximum atomic E-state index is 12.0. The van der Waals surface area contributed by atoms with Gasteiger partial charge in [-0.3, -0.25) is 9.59 Å². The molecule has 2 aromatic heterocycles. The molecule has 1 aliphatic heterocycles. The Kier molecular flexibility index (Phi) is 5.65. The summed E-state index contributed by atoms with van der Waals surface area (Å²) >= 11 is 0. The maximum Gasteiger partial charge on any atom is 0.268 e. The van der Waals surface area contributed by atoms with Gasteiger partial charge in [-0.15, -0.1) is 10.2 Å². The van der Waals surface area contributed by atoms with Crippen LogP contribution in [0.15, 0.2) is 23.4 Å². The van der Waals surface area contributed by atoms with Crippen LogP contribution in [0.1, 0.15) is 25.1 Å². The van der Waals surface area contributed by atoms with Gasteiger partial charge in [-0.05, 0) is 18.8 Å². The Morgan fingerprint density at radius 1 is 1.31 bits per heavy atom. The van der Waals surface area contributed by atoms with Crippen LogP contribution in [0.2, 0.25) is 0 Å². The molecule has 0 unspecified atom stereocenters. The molecule has 140 valence electrons. The van der Waals surface area contributed by atoms with Gasteiger partial charge >= 0.3 is 0 Å². The van der Waals surface area contributed by atoms with Crippen LogP contribution < -0.4 is 15.8 Å². The molecule has 26 heavy (non-hydrogen) atoms. The molecule has 0 saturated carbocycles. The average molecular weight is 359 g/mol. The Labute approximate surface area is 152 Å². The summed E-state index contributed by atoms with van der Waals surface area (Å²) in [5, 5.41) is 14.9. The van der Waals surface area contributed by atoms with Gasteiger partial charge in [-0.2, -0.15) is 5.10 Å². The summed E-state index contributed by atoms with van der Waals surface area (Å²) in [6.07, 6.45) is 6.35. The normalized spacial score (nSPS) is 15.2. The largest absolute Gasteiger partial charge is 0.370 e. The minimum atomic E-state index is -0.0974. The lowest BCUT2D eigenvalue weighted by Gasteiger charge is -2.33. The van der Waals surface area contributed by atoms with Gasteiger partial charge in [0, 0.05) is 52.6 Å². The lowest BCUT2D eigenvalue weighted by atomic mass is 9.96. The molecule has 3 heterocycles. The van der Waals surface area contributed by atoms with E-state index in [0.29, 0.717) is 25.3 Å². The highest BCUT2D eigenvalue weighted by atomic mass is 16.1. The van der Waals surface area contributed by atoms with Crippen LogP contribution in [0.5, 0.6) is 0 Å². The number of aryl methyl sites for hydroxylation is 3. The van der Waals surface area contributed by atoms with Gasteiger partial charge in [0.25, 0.3) is 5.56 Å². The molecule has 0 aliphatic carbocycles. The van der Waals surface area contributed by atoms with Crippen molar-refractivity contribution in [1.82, 2.24) is 29.9 Å². The number of hydrogen-bond acceptors (Lipinski definition) is 6. The first kappa shape index (κ1) is 18.1. The smallest absolute Gasteiger partial charge is 0.268 e. The molecule has 1 aliphatic rings. The Morgan fingerprint density at radius 2 is 2.08 bits per heavy atom. The number of carbonyl (C=O) groups excluding carboxylic acids is 1. The van der Waals surface area contributed by atoms with Crippen LogP contribution in [-0.4, -0.2) is 50.1 Å². The SMILES string of the molecule is Cn1cnnc1CCC(=O)NCC1CCN(c2cnn(C)c(=O)c2)CC1. The molecule has 1 fully saturated rings. The van der Waals surface area contributed by atoms with E-state index in [-0.39, 0.29) is 11.5 Å². The average Bonchev–Trinajstić information content (AvgIpc) is 3.06. The molecule has 1 N–H and O–H groups in total. The lowest BCUT2D eigenvalue weighted by molar-refractivity contribution is -0.121. The Bertz CT molecular complexity index is 805. The summed E-state index contributed by atoms with van der Waals surface area (Å²) in [5.41, 5.74) is 0.777. The van der Waals surface area contributed by atoms with Crippen molar-refractivity contribution >= 4 is 11.6 Å². The Balaban J connectivity index is 1.39. The number of nitrogens with one attached hydrogen (secondary N) is 1. The standard InChI is InChI=1S/C17H25N7O2/c1-22-12-19-21-15(22)3-4-16(25)18-10-13-5-7-24(8-6-13)14-9-17(26)23(2)20-11-14/h9,11-13H,3-8,10H2,1-2H3,(H,18,25). The molecule has 3 rings (SSSR count). The molecule has 0 aromatic carbocycles. The van der Waals surface area contributed by atoms with Gasteiger partial charge in [0.15, 0.2) is 0 Å². The second-order valence-corrected chi connectivity index (χ2v) is 6.77. The van der Waals surface area contributed by atoms with E-state index in [1.165, 1.54) is 4.68 Å². The molecule has 0 spiro atoms. The molecule has 9 heteroatoms. The third-order valence-electron chi connectivity index (χ3n) is 4.90. The number of amides is 1. The van der Waals surface area contributed by atoms with Gasteiger partial charge in [-0.25, -0.2) is 4.68 Å². The summed E-state index contributed by atoms with van der Waals surface area (Å²) in [7, 11) is 3.52. The number of anilines is 1. The summed E-state index contributed by atoms with van der Waals surface area (Å²) in [4.78, 5) is 25.9. The lowest BCUT2D eigenvalue weighted by Crippen LogP contribution is -2.39. The predicted octanol–water partition coefficient (Wildman–Crippen LogP) is -0.126. The molecular formula is C17H25N7O2. The molecule has 0 radical (unpaired) electrons. The first-order valence-corrected chi connectivity index (χ1v) is 8.91. The zero-order valence-electron chi connectivity index (χ0n) is 15.3. The highest BCUT2D eigenvalue weighted by Gasteiger charge is 2.20. The fourth-order valence-corrected chi connectivity index (χ4v) is 3.13. The van der Waals surface area contributed by atoms with E-state index in [1.807, 2.05) is 11.6 Å². The zero-order chi connectivity index (χ0) is 18.5. The summed E-state index contributed by atoms with van der Waals surface area (Å²) < 4.78 is 3.15. The fraction of sp³-hybridized carbons (Fsp3) is 0.588. The molecule has 1 saturated heterocycles. The monoisotopic (exact) mass is 359 g/mol. The van der Waals surface area contributed by atoms with E-state index in [0.717, 1.165) is 37.4 Å². The highest BCUT2D eigenvalue weighted by Crippen LogP contribution is 2.21. The molecule has 0 atom stereocenters. The number of hydrogen-bond donors (Lipinski definition) is 1. The van der Waals surface area contributed by atoms with Crippen LogP contribution >= 0.6 is 0 Å². The van der Waals surface area contributed by atoms with E-state index in [1.54, 1.807) is 25.6 Å². The minimum Gasteiger partial charge on any atom is -0.370 e. The van der Waals surface area contributed by atoms with E-state index in [9.17, 15) is 9.59 Å². The van der Waals surface area contributed by atoms with Crippen LogP contribution in [0.3, 0.4) is 0 Å². The topological polar surface area (TPSA) is 97.9 Å². The van der Waals surface area contributed by atoms with Crippen LogP contribution in [0.25, 0.3) is 0 Å². The van der Waals surface area contributed by atoms with E-state index < -0.39 is 0 Å². The Hall–Kier alpha value is -2.71. The van der Waals surface area contributed by atoms with Gasteiger partial charge in [0.1, 0.15) is 12.2 Å². The van der Waals surface area contributed by atoms with Crippen LogP contribution in [0, 0.1) is 5.92 Å². The fourth-order valence-electron chi connectivity index (χ4n) is 3.13. The van der Waals surface area contributed by atoms with Crippen molar-refractivity contribution in [3.63, 3.8) is 0 Å². The van der Waals surface area contributed by atoms with Crippen molar-refractivity contribution in [3.8, 4) is 0 Å². The van der Waals surface area contributed by atoms with Crippen LogP contribution in [0.4, 0.5) is 5.69 Å². The molecule has 0 bridgehead atoms. The first-order chi connectivity index (χ1) is 12.5. The summed E-state index contributed by atoms with van der Waals surface area (Å²) in [6.45, 7) is 2.43. The van der Waals surface area contributed by atoms with Gasteiger partial charge < -0.3 is 14.8 Å². The van der Waals surface area contributed by atoms with E-state index in [4.69, 9.17) is 0 Å². The number of carbonyl (C=O) groups is 1. The molecular weight excluding hydrogens is 334 g/mol. The van der Waals surface area contributed by atoms with E-state index in [2.05, 4.69) is 25.5 Å². The first-order valence-electron chi connectivity index (χ1n) is 8.91. The molecule has 9 nitrogen and oxygen atoms in total. The van der Waals surface area contributed by atoms with E-state index >= 15 is 0 Å². The highest BCUT2D eigenvalue weighted by molar-refractivity contribution is 5.76. The number of aromatic nitrogens is 5. The number of nitrogens with zero attached hydrogens (tertiary/aromatic N) is 6. The van der Waals surface area contributed by atoms with Crippen LogP contribution in [-0.2, 0) is 25.3 Å². The van der Waals surface area contributed by atoms with Crippen molar-refractivity contribution in [2.75, 3.05) is 24.5 Å². The van der Waals surface area contributed by atoms with Crippen molar-refractivity contribution in [2.24, 2.45) is 20.0 Å². The predicted molar refractivity (Wildman–Crippen MR) is 96.7 cm³/mol. The quantitative estimate of drug-likeness (QED) is 0.772. The van der Waals surface area contributed by atoms with Gasteiger partial charge in [0.2, 0.25) is 5.91 Å². The number of rotatable bonds is 6. The zero-order valence-corrected chi connectivity index (χ0v) is 15.3. The molecule has 2 aromatic rings. The van der Waals surface area contributed by atoms with Gasteiger partial charge in [-0.1, -0.05) is 0 Å². The molecule has 1 amide bonds. The maximum absolute atomic E-state index is 12.0. The second kappa shape index (κ2) is 8.11. The second-order valence-electron chi connectivity index (χ2n) is 6.77. The summed E-state index contributed by atoms with van der Waals surface area (Å²) in [5.74, 6) is 1.33. The van der Waals surface area contributed by atoms with Crippen molar-refractivity contribution in [3.05, 3.63) is 34.8 Å². The van der Waals surface area contributed by atoms with Crippen molar-refractivity contribution < 1.29 is 4.79 Å². The Morgan fingerprint density at radius 3 is 2.73 bits per heavy atom. The van der Waals surface area contributed by atoms with Crippen molar-refractivity contribution in [1.29, 1.82) is 0 Å². The third kappa shape index (κ3) is 4.47. The minimum absolute atomic E-state index is 0.0474. The third-order valence-corrected chi connectivity index (χ3v) is 4.90. The number of piperidine rings is 1.